The fraction of sp³-hybridized carbons (Fsp3) is 0.444. The van der Waals surface area contributed by atoms with Crippen LogP contribution in [0.15, 0.2) is 40.7 Å². The van der Waals surface area contributed by atoms with Crippen LogP contribution in [-0.2, 0) is 6.54 Å². The molecule has 1 saturated carbocycles. The maximum atomic E-state index is 4.71. The van der Waals surface area contributed by atoms with E-state index in [2.05, 4.69) is 33.1 Å². The van der Waals surface area contributed by atoms with Crippen LogP contribution in [0.4, 0.5) is 0 Å². The van der Waals surface area contributed by atoms with Crippen molar-refractivity contribution in [2.45, 2.75) is 44.7 Å². The van der Waals surface area contributed by atoms with Gasteiger partial charge in [0.05, 0.1) is 12.2 Å². The lowest BCUT2D eigenvalue weighted by atomic mass is 9.96. The van der Waals surface area contributed by atoms with Crippen LogP contribution in [0.2, 0.25) is 0 Å². The van der Waals surface area contributed by atoms with E-state index in [0.717, 1.165) is 16.7 Å². The molecule has 1 heterocycles. The first kappa shape index (κ1) is 16.0. The third-order valence-electron chi connectivity index (χ3n) is 4.20. The van der Waals surface area contributed by atoms with Crippen LogP contribution in [0.5, 0.6) is 0 Å². The second-order valence-corrected chi connectivity index (χ2v) is 6.84. The zero-order valence-electron chi connectivity index (χ0n) is 13.6. The van der Waals surface area contributed by atoms with E-state index in [9.17, 15) is 0 Å². The van der Waals surface area contributed by atoms with Gasteiger partial charge in [-0.1, -0.05) is 49.6 Å². The third-order valence-corrected chi connectivity index (χ3v) is 5.05. The number of nitrogens with zero attached hydrogens (tertiary/aromatic N) is 2. The summed E-state index contributed by atoms with van der Waals surface area (Å²) >= 11 is 1.69. The number of hydrogen-bond donors (Lipinski definition) is 2. The molecule has 0 amide bonds. The molecule has 5 heteroatoms. The Kier molecular flexibility index (Phi) is 5.64. The molecule has 4 nitrogen and oxygen atoms in total. The Morgan fingerprint density at radius 1 is 1.22 bits per heavy atom. The van der Waals surface area contributed by atoms with Crippen LogP contribution >= 0.6 is 11.3 Å². The van der Waals surface area contributed by atoms with Crippen molar-refractivity contribution >= 4 is 17.3 Å². The lowest BCUT2D eigenvalue weighted by Crippen LogP contribution is -2.43. The second kappa shape index (κ2) is 8.11. The smallest absolute Gasteiger partial charge is 0.191 e. The van der Waals surface area contributed by atoms with Crippen molar-refractivity contribution in [2.24, 2.45) is 4.99 Å². The fourth-order valence-corrected chi connectivity index (χ4v) is 3.67. The Balaban J connectivity index is 1.54. The van der Waals surface area contributed by atoms with E-state index in [1.165, 1.54) is 37.7 Å². The predicted octanol–water partition coefficient (Wildman–Crippen LogP) is 3.81. The van der Waals surface area contributed by atoms with Gasteiger partial charge in [-0.25, -0.2) is 4.98 Å². The van der Waals surface area contributed by atoms with Gasteiger partial charge in [0.1, 0.15) is 5.01 Å². The fourth-order valence-electron chi connectivity index (χ4n) is 2.93. The lowest BCUT2D eigenvalue weighted by Gasteiger charge is -2.24. The molecule has 0 atom stereocenters. The minimum atomic E-state index is 0.561. The van der Waals surface area contributed by atoms with Gasteiger partial charge in [-0.05, 0) is 12.8 Å². The van der Waals surface area contributed by atoms with Gasteiger partial charge in [0, 0.05) is 24.0 Å². The van der Waals surface area contributed by atoms with Crippen LogP contribution in [0.25, 0.3) is 11.3 Å². The first-order valence-electron chi connectivity index (χ1n) is 8.32. The van der Waals surface area contributed by atoms with E-state index in [0.29, 0.717) is 12.6 Å². The highest BCUT2D eigenvalue weighted by atomic mass is 32.1. The summed E-state index contributed by atoms with van der Waals surface area (Å²) in [6.45, 7) is 0.712. The summed E-state index contributed by atoms with van der Waals surface area (Å²) in [4.78, 5) is 9.04. The number of aromatic nitrogens is 1. The minimum absolute atomic E-state index is 0.561. The van der Waals surface area contributed by atoms with Crippen molar-refractivity contribution in [2.75, 3.05) is 7.05 Å². The van der Waals surface area contributed by atoms with Crippen molar-refractivity contribution in [3.8, 4) is 11.3 Å². The standard InChI is InChI=1S/C18H24N4S/c1-19-18(21-15-10-6-3-7-11-15)20-12-17-22-16(13-23-17)14-8-4-2-5-9-14/h2,4-5,8-9,13,15H,3,6-7,10-12H2,1H3,(H2,19,20,21). The number of rotatable bonds is 4. The largest absolute Gasteiger partial charge is 0.354 e. The lowest BCUT2D eigenvalue weighted by molar-refractivity contribution is 0.410. The summed E-state index contributed by atoms with van der Waals surface area (Å²) in [6, 6.07) is 10.9. The zero-order chi connectivity index (χ0) is 15.9. The molecule has 0 saturated heterocycles. The maximum Gasteiger partial charge on any atom is 0.191 e. The van der Waals surface area contributed by atoms with Gasteiger partial charge < -0.3 is 10.6 Å². The number of thiazole rings is 1. The van der Waals surface area contributed by atoms with Crippen LogP contribution < -0.4 is 10.6 Å². The SMILES string of the molecule is CN=C(NCc1nc(-c2ccccc2)cs1)NC1CCCCC1. The summed E-state index contributed by atoms with van der Waals surface area (Å²) in [5, 5.41) is 10.1. The molecule has 0 radical (unpaired) electrons. The summed E-state index contributed by atoms with van der Waals surface area (Å²) in [6.07, 6.45) is 6.50. The molecular formula is C18H24N4S. The molecule has 0 unspecified atom stereocenters. The molecule has 0 bridgehead atoms. The monoisotopic (exact) mass is 328 g/mol. The van der Waals surface area contributed by atoms with Gasteiger partial charge in [-0.2, -0.15) is 0 Å². The predicted molar refractivity (Wildman–Crippen MR) is 97.8 cm³/mol. The molecule has 0 aliphatic heterocycles. The molecular weight excluding hydrogens is 304 g/mol. The zero-order valence-corrected chi connectivity index (χ0v) is 14.4. The Labute approximate surface area is 142 Å². The van der Waals surface area contributed by atoms with Gasteiger partial charge in [0.25, 0.3) is 0 Å². The van der Waals surface area contributed by atoms with Crippen LogP contribution in [0, 0.1) is 0 Å². The van der Waals surface area contributed by atoms with E-state index in [4.69, 9.17) is 4.98 Å². The minimum Gasteiger partial charge on any atom is -0.354 e. The summed E-state index contributed by atoms with van der Waals surface area (Å²) in [5.74, 6) is 0.883. The number of hydrogen-bond acceptors (Lipinski definition) is 3. The summed E-state index contributed by atoms with van der Waals surface area (Å²) < 4.78 is 0. The highest BCUT2D eigenvalue weighted by Crippen LogP contribution is 2.21. The average Bonchev–Trinajstić information content (AvgIpc) is 3.09. The van der Waals surface area contributed by atoms with Crippen LogP contribution in [0.3, 0.4) is 0 Å². The van der Waals surface area contributed by atoms with Crippen LogP contribution in [0.1, 0.15) is 37.1 Å². The van der Waals surface area contributed by atoms with Gasteiger partial charge in [0.2, 0.25) is 0 Å². The van der Waals surface area contributed by atoms with E-state index in [1.54, 1.807) is 11.3 Å². The van der Waals surface area contributed by atoms with Crippen molar-refractivity contribution < 1.29 is 0 Å². The number of guanidine groups is 1. The van der Waals surface area contributed by atoms with Crippen molar-refractivity contribution in [3.05, 3.63) is 40.7 Å². The molecule has 3 rings (SSSR count). The molecule has 1 aromatic heterocycles. The first-order chi connectivity index (χ1) is 11.3. The molecule has 2 N–H and O–H groups in total. The summed E-state index contributed by atoms with van der Waals surface area (Å²) in [7, 11) is 1.83. The highest BCUT2D eigenvalue weighted by molar-refractivity contribution is 7.09. The van der Waals surface area contributed by atoms with E-state index < -0.39 is 0 Å². The number of nitrogens with one attached hydrogen (secondary N) is 2. The van der Waals surface area contributed by atoms with E-state index >= 15 is 0 Å². The average molecular weight is 328 g/mol. The molecule has 1 aliphatic rings. The topological polar surface area (TPSA) is 49.3 Å². The van der Waals surface area contributed by atoms with Crippen molar-refractivity contribution in [3.63, 3.8) is 0 Å². The Morgan fingerprint density at radius 2 is 2.00 bits per heavy atom. The molecule has 122 valence electrons. The molecule has 1 aromatic carbocycles. The third kappa shape index (κ3) is 4.55. The molecule has 1 aliphatic carbocycles. The first-order valence-corrected chi connectivity index (χ1v) is 9.20. The van der Waals surface area contributed by atoms with Gasteiger partial charge in [-0.15, -0.1) is 11.3 Å². The van der Waals surface area contributed by atoms with Crippen LogP contribution in [-0.4, -0.2) is 24.0 Å². The molecule has 0 spiro atoms. The quantitative estimate of drug-likeness (QED) is 0.663. The maximum absolute atomic E-state index is 4.71. The summed E-state index contributed by atoms with van der Waals surface area (Å²) in [5.41, 5.74) is 2.21. The number of aliphatic imine (C=N–C) groups is 1. The van der Waals surface area contributed by atoms with E-state index in [1.807, 2.05) is 25.2 Å². The highest BCUT2D eigenvalue weighted by Gasteiger charge is 2.14. The van der Waals surface area contributed by atoms with Crippen molar-refractivity contribution in [1.82, 2.24) is 15.6 Å². The molecule has 23 heavy (non-hydrogen) atoms. The van der Waals surface area contributed by atoms with Gasteiger partial charge >= 0.3 is 0 Å². The van der Waals surface area contributed by atoms with Gasteiger partial charge in [-0.3, -0.25) is 4.99 Å². The molecule has 1 fully saturated rings. The van der Waals surface area contributed by atoms with Gasteiger partial charge in [0.15, 0.2) is 5.96 Å². The molecule has 2 aromatic rings. The Bertz CT molecular complexity index is 629. The van der Waals surface area contributed by atoms with E-state index in [-0.39, 0.29) is 0 Å². The van der Waals surface area contributed by atoms with Crippen molar-refractivity contribution in [1.29, 1.82) is 0 Å². The Morgan fingerprint density at radius 3 is 2.74 bits per heavy atom. The Hall–Kier alpha value is -1.88. The normalized spacial score (nSPS) is 16.3. The second-order valence-electron chi connectivity index (χ2n) is 5.90. The number of benzene rings is 1.